The van der Waals surface area contributed by atoms with Gasteiger partial charge < -0.3 is 0 Å². The van der Waals surface area contributed by atoms with Gasteiger partial charge in [0.25, 0.3) is 0 Å². The first-order valence-corrected chi connectivity index (χ1v) is 5.13. The normalized spacial score (nSPS) is 10.9. The minimum Gasteiger partial charge on any atom is -0.233 e. The van der Waals surface area contributed by atoms with E-state index in [9.17, 15) is 8.78 Å². The molecule has 0 atom stereocenters. The molecule has 0 radical (unpaired) electrons. The van der Waals surface area contributed by atoms with Gasteiger partial charge in [-0.15, -0.1) is 0 Å². The van der Waals surface area contributed by atoms with Crippen LogP contribution in [-0.4, -0.2) is 9.78 Å². The van der Waals surface area contributed by atoms with Crippen molar-refractivity contribution < 1.29 is 8.78 Å². The van der Waals surface area contributed by atoms with E-state index in [1.54, 1.807) is 29.1 Å². The van der Waals surface area contributed by atoms with Gasteiger partial charge in [0.1, 0.15) is 11.6 Å². The van der Waals surface area contributed by atoms with Crippen LogP contribution in [0.4, 0.5) is 8.78 Å². The summed E-state index contributed by atoms with van der Waals surface area (Å²) in [6, 6.07) is 10.4. The second-order valence-corrected chi connectivity index (χ2v) is 3.74. The van der Waals surface area contributed by atoms with Crippen molar-refractivity contribution in [2.24, 2.45) is 0 Å². The Morgan fingerprint density at radius 1 is 0.882 bits per heavy atom. The maximum atomic E-state index is 13.0. The van der Waals surface area contributed by atoms with E-state index in [1.807, 2.05) is 0 Å². The van der Waals surface area contributed by atoms with Gasteiger partial charge in [0.05, 0.1) is 17.4 Å². The molecule has 1 aromatic heterocycles. The van der Waals surface area contributed by atoms with E-state index >= 15 is 0 Å². The second-order valence-electron chi connectivity index (χ2n) is 3.74. The van der Waals surface area contributed by atoms with E-state index in [2.05, 4.69) is 5.10 Å². The monoisotopic (exact) mass is 230 g/mol. The summed E-state index contributed by atoms with van der Waals surface area (Å²) in [4.78, 5) is 0. The molecule has 3 rings (SSSR count). The summed E-state index contributed by atoms with van der Waals surface area (Å²) in [6.07, 6.45) is 1.59. The van der Waals surface area contributed by atoms with Crippen LogP contribution in [0.25, 0.3) is 16.6 Å². The first kappa shape index (κ1) is 9.96. The molecule has 0 saturated carbocycles. The average Bonchev–Trinajstić information content (AvgIpc) is 2.73. The molecule has 0 unspecified atom stereocenters. The van der Waals surface area contributed by atoms with Crippen LogP contribution in [0.1, 0.15) is 0 Å². The third-order valence-corrected chi connectivity index (χ3v) is 2.60. The lowest BCUT2D eigenvalue weighted by Gasteiger charge is -2.02. The summed E-state index contributed by atoms with van der Waals surface area (Å²) in [6.45, 7) is 0. The molecular weight excluding hydrogens is 222 g/mol. The maximum Gasteiger partial charge on any atom is 0.124 e. The van der Waals surface area contributed by atoms with Gasteiger partial charge in [-0.2, -0.15) is 5.10 Å². The van der Waals surface area contributed by atoms with Gasteiger partial charge in [0, 0.05) is 5.39 Å². The van der Waals surface area contributed by atoms with E-state index in [4.69, 9.17) is 0 Å². The minimum atomic E-state index is -0.295. The van der Waals surface area contributed by atoms with Gasteiger partial charge >= 0.3 is 0 Å². The SMILES string of the molecule is Fc1ccc(-n2ncc3cc(F)ccc32)cc1. The molecule has 0 saturated heterocycles. The number of fused-ring (bicyclic) bond motifs is 1. The summed E-state index contributed by atoms with van der Waals surface area (Å²) in [5, 5.41) is 4.88. The van der Waals surface area contributed by atoms with Gasteiger partial charge in [0.15, 0.2) is 0 Å². The lowest BCUT2D eigenvalue weighted by molar-refractivity contribution is 0.627. The summed E-state index contributed by atoms with van der Waals surface area (Å²) < 4.78 is 27.5. The number of benzene rings is 2. The molecule has 0 aliphatic heterocycles. The molecule has 0 aliphatic rings. The van der Waals surface area contributed by atoms with Crippen molar-refractivity contribution >= 4 is 10.9 Å². The zero-order valence-electron chi connectivity index (χ0n) is 8.77. The van der Waals surface area contributed by atoms with Crippen LogP contribution in [0.2, 0.25) is 0 Å². The van der Waals surface area contributed by atoms with Gasteiger partial charge in [0.2, 0.25) is 0 Å². The first-order chi connectivity index (χ1) is 8.24. The minimum absolute atomic E-state index is 0.295. The molecule has 2 nitrogen and oxygen atoms in total. The zero-order chi connectivity index (χ0) is 11.8. The molecule has 2 aromatic carbocycles. The zero-order valence-corrected chi connectivity index (χ0v) is 8.77. The van der Waals surface area contributed by atoms with Crippen LogP contribution in [0.5, 0.6) is 0 Å². The molecule has 84 valence electrons. The molecule has 0 bridgehead atoms. The van der Waals surface area contributed by atoms with Gasteiger partial charge in [-0.25, -0.2) is 13.5 Å². The summed E-state index contributed by atoms with van der Waals surface area (Å²) in [7, 11) is 0. The van der Waals surface area contributed by atoms with Crippen LogP contribution in [0.3, 0.4) is 0 Å². The highest BCUT2D eigenvalue weighted by Gasteiger charge is 2.05. The molecule has 0 N–H and O–H groups in total. The lowest BCUT2D eigenvalue weighted by atomic mass is 10.2. The third kappa shape index (κ3) is 1.67. The Morgan fingerprint density at radius 2 is 1.59 bits per heavy atom. The molecular formula is C13H8F2N2. The Labute approximate surface area is 96.1 Å². The summed E-state index contributed by atoms with van der Waals surface area (Å²) in [5.41, 5.74) is 1.53. The van der Waals surface area contributed by atoms with Crippen LogP contribution in [0.15, 0.2) is 48.7 Å². The molecule has 0 aliphatic carbocycles. The third-order valence-electron chi connectivity index (χ3n) is 2.60. The molecule has 3 aromatic rings. The Kier molecular flexibility index (Phi) is 2.14. The number of rotatable bonds is 1. The van der Waals surface area contributed by atoms with E-state index in [0.717, 1.165) is 11.2 Å². The van der Waals surface area contributed by atoms with E-state index < -0.39 is 0 Å². The predicted octanol–water partition coefficient (Wildman–Crippen LogP) is 3.30. The first-order valence-electron chi connectivity index (χ1n) is 5.13. The predicted molar refractivity (Wildman–Crippen MR) is 61.0 cm³/mol. The molecule has 0 fully saturated rings. The fourth-order valence-corrected chi connectivity index (χ4v) is 1.79. The largest absolute Gasteiger partial charge is 0.233 e. The van der Waals surface area contributed by atoms with Gasteiger partial charge in [-0.05, 0) is 42.5 Å². The fourth-order valence-electron chi connectivity index (χ4n) is 1.79. The van der Waals surface area contributed by atoms with Crippen molar-refractivity contribution in [3.63, 3.8) is 0 Å². The van der Waals surface area contributed by atoms with Crippen LogP contribution < -0.4 is 0 Å². The molecule has 4 heteroatoms. The standard InChI is InChI=1S/C13H8F2N2/c14-10-1-4-12(5-2-10)17-13-6-3-11(15)7-9(13)8-16-17/h1-8H. The van der Waals surface area contributed by atoms with Crippen molar-refractivity contribution in [3.05, 3.63) is 60.3 Å². The molecule has 17 heavy (non-hydrogen) atoms. The van der Waals surface area contributed by atoms with E-state index in [0.29, 0.717) is 5.39 Å². The highest BCUT2D eigenvalue weighted by atomic mass is 19.1. The lowest BCUT2D eigenvalue weighted by Crippen LogP contribution is -1.95. The van der Waals surface area contributed by atoms with Crippen molar-refractivity contribution in [1.82, 2.24) is 9.78 Å². The number of hydrogen-bond donors (Lipinski definition) is 0. The number of aromatic nitrogens is 2. The van der Waals surface area contributed by atoms with Crippen molar-refractivity contribution in [2.75, 3.05) is 0 Å². The summed E-state index contributed by atoms with van der Waals surface area (Å²) >= 11 is 0. The van der Waals surface area contributed by atoms with Crippen LogP contribution >= 0.6 is 0 Å². The quantitative estimate of drug-likeness (QED) is 0.627. The average molecular weight is 230 g/mol. The maximum absolute atomic E-state index is 13.0. The van der Waals surface area contributed by atoms with E-state index in [-0.39, 0.29) is 11.6 Å². The van der Waals surface area contributed by atoms with Gasteiger partial charge in [-0.3, -0.25) is 0 Å². The van der Waals surface area contributed by atoms with Crippen LogP contribution in [0, 0.1) is 11.6 Å². The second kappa shape index (κ2) is 3.66. The van der Waals surface area contributed by atoms with Crippen molar-refractivity contribution in [1.29, 1.82) is 0 Å². The number of hydrogen-bond acceptors (Lipinski definition) is 1. The molecule has 1 heterocycles. The summed E-state index contributed by atoms with van der Waals surface area (Å²) in [5.74, 6) is -0.590. The highest BCUT2D eigenvalue weighted by Crippen LogP contribution is 2.19. The number of nitrogens with zero attached hydrogens (tertiary/aromatic N) is 2. The Hall–Kier alpha value is -2.23. The highest BCUT2D eigenvalue weighted by molar-refractivity contribution is 5.80. The van der Waals surface area contributed by atoms with E-state index in [1.165, 1.54) is 24.3 Å². The smallest absolute Gasteiger partial charge is 0.124 e. The van der Waals surface area contributed by atoms with Gasteiger partial charge in [-0.1, -0.05) is 0 Å². The Balaban J connectivity index is 2.21. The van der Waals surface area contributed by atoms with Crippen molar-refractivity contribution in [3.8, 4) is 5.69 Å². The van der Waals surface area contributed by atoms with Crippen molar-refractivity contribution in [2.45, 2.75) is 0 Å². The topological polar surface area (TPSA) is 17.8 Å². The van der Waals surface area contributed by atoms with Crippen LogP contribution in [-0.2, 0) is 0 Å². The molecule has 0 amide bonds. The molecule has 0 spiro atoms. The fraction of sp³-hybridized carbons (Fsp3) is 0. The Bertz CT molecular complexity index is 671. The Morgan fingerprint density at radius 3 is 2.35 bits per heavy atom. The number of halogens is 2.